The fourth-order valence-electron chi connectivity index (χ4n) is 3.75. The topological polar surface area (TPSA) is 54.7 Å². The van der Waals surface area contributed by atoms with Gasteiger partial charge in [0.15, 0.2) is 5.96 Å². The molecule has 7 heteroatoms. The number of rotatable bonds is 7. The van der Waals surface area contributed by atoms with E-state index in [0.29, 0.717) is 17.4 Å². The van der Waals surface area contributed by atoms with Crippen LogP contribution in [0.25, 0.3) is 0 Å². The minimum atomic E-state index is 0. The zero-order chi connectivity index (χ0) is 17.7. The van der Waals surface area contributed by atoms with Crippen LogP contribution >= 0.6 is 24.0 Å². The monoisotopic (exact) mass is 475 g/mol. The highest BCUT2D eigenvalue weighted by Gasteiger charge is 2.42. The number of imidazole rings is 1. The number of ether oxygens (including phenoxy) is 1. The second kappa shape index (κ2) is 9.92. The first-order valence-electron chi connectivity index (χ1n) is 9.67. The van der Waals surface area contributed by atoms with E-state index >= 15 is 0 Å². The highest BCUT2D eigenvalue weighted by molar-refractivity contribution is 14.0. The lowest BCUT2D eigenvalue weighted by Gasteiger charge is -2.39. The van der Waals surface area contributed by atoms with Crippen LogP contribution in [0, 0.1) is 11.3 Å². The molecular formula is C19H34IN5O. The van der Waals surface area contributed by atoms with E-state index in [1.54, 1.807) is 7.11 Å². The molecule has 0 amide bonds. The SMILES string of the molecule is CCNC(=NCC1(CCOC)CC1)N1CCC(C)C(n2ccnc2)C1.I. The summed E-state index contributed by atoms with van der Waals surface area (Å²) in [6.07, 6.45) is 10.8. The fourth-order valence-corrected chi connectivity index (χ4v) is 3.75. The molecule has 2 aliphatic rings. The number of piperidine rings is 1. The van der Waals surface area contributed by atoms with E-state index in [9.17, 15) is 0 Å². The number of guanidine groups is 1. The molecule has 3 rings (SSSR count). The van der Waals surface area contributed by atoms with Crippen LogP contribution in [-0.4, -0.2) is 60.3 Å². The number of halogens is 1. The van der Waals surface area contributed by atoms with E-state index < -0.39 is 0 Å². The Bertz CT molecular complexity index is 558. The molecule has 0 spiro atoms. The Labute approximate surface area is 174 Å². The van der Waals surface area contributed by atoms with Gasteiger partial charge in [-0.25, -0.2) is 4.98 Å². The third-order valence-corrected chi connectivity index (χ3v) is 5.82. The van der Waals surface area contributed by atoms with Gasteiger partial charge in [0.1, 0.15) is 0 Å². The van der Waals surface area contributed by atoms with Crippen molar-refractivity contribution in [2.45, 2.75) is 45.6 Å². The van der Waals surface area contributed by atoms with Gasteiger partial charge >= 0.3 is 0 Å². The fraction of sp³-hybridized carbons (Fsp3) is 0.789. The number of likely N-dealkylation sites (tertiary alicyclic amines) is 1. The summed E-state index contributed by atoms with van der Waals surface area (Å²) in [6, 6.07) is 0.462. The van der Waals surface area contributed by atoms with Crippen molar-refractivity contribution in [1.29, 1.82) is 0 Å². The largest absolute Gasteiger partial charge is 0.385 e. The molecule has 148 valence electrons. The van der Waals surface area contributed by atoms with E-state index in [1.807, 2.05) is 12.5 Å². The van der Waals surface area contributed by atoms with E-state index in [4.69, 9.17) is 9.73 Å². The average Bonchev–Trinajstić information content (AvgIpc) is 3.18. The highest BCUT2D eigenvalue weighted by Crippen LogP contribution is 2.49. The van der Waals surface area contributed by atoms with Crippen molar-refractivity contribution in [2.24, 2.45) is 16.3 Å². The Hall–Kier alpha value is -0.830. The first-order chi connectivity index (χ1) is 12.2. The van der Waals surface area contributed by atoms with Crippen molar-refractivity contribution >= 4 is 29.9 Å². The Balaban J connectivity index is 0.00000243. The molecule has 2 fully saturated rings. The third kappa shape index (κ3) is 5.34. The first kappa shape index (κ1) is 21.5. The molecule has 2 atom stereocenters. The molecule has 2 unspecified atom stereocenters. The van der Waals surface area contributed by atoms with Crippen molar-refractivity contribution in [2.75, 3.05) is 39.9 Å². The minimum absolute atomic E-state index is 0. The average molecular weight is 475 g/mol. The number of nitrogens with zero attached hydrogens (tertiary/aromatic N) is 4. The van der Waals surface area contributed by atoms with E-state index in [1.165, 1.54) is 19.3 Å². The van der Waals surface area contributed by atoms with E-state index in [2.05, 4.69) is 39.8 Å². The number of aromatic nitrogens is 2. The minimum Gasteiger partial charge on any atom is -0.385 e. The van der Waals surface area contributed by atoms with Gasteiger partial charge < -0.3 is 19.5 Å². The van der Waals surface area contributed by atoms with Gasteiger partial charge in [0, 0.05) is 52.3 Å². The Morgan fingerprint density at radius 2 is 2.23 bits per heavy atom. The summed E-state index contributed by atoms with van der Waals surface area (Å²) in [5.41, 5.74) is 0.392. The predicted molar refractivity (Wildman–Crippen MR) is 116 cm³/mol. The molecule has 1 aromatic heterocycles. The van der Waals surface area contributed by atoms with Crippen molar-refractivity contribution in [1.82, 2.24) is 19.8 Å². The zero-order valence-electron chi connectivity index (χ0n) is 16.4. The normalized spacial score (nSPS) is 24.9. The summed E-state index contributed by atoms with van der Waals surface area (Å²) in [6.45, 7) is 9.23. The van der Waals surface area contributed by atoms with Crippen molar-refractivity contribution in [3.05, 3.63) is 18.7 Å². The Morgan fingerprint density at radius 1 is 1.42 bits per heavy atom. The van der Waals surface area contributed by atoms with E-state index in [-0.39, 0.29) is 24.0 Å². The van der Waals surface area contributed by atoms with Crippen LogP contribution in [0.2, 0.25) is 0 Å². The molecule has 1 aromatic rings. The van der Waals surface area contributed by atoms with Gasteiger partial charge in [-0.1, -0.05) is 6.92 Å². The van der Waals surface area contributed by atoms with Gasteiger partial charge in [-0.2, -0.15) is 0 Å². The van der Waals surface area contributed by atoms with Crippen molar-refractivity contribution in [3.63, 3.8) is 0 Å². The number of hydrogen-bond acceptors (Lipinski definition) is 3. The molecule has 1 saturated carbocycles. The van der Waals surface area contributed by atoms with Gasteiger partial charge in [-0.3, -0.25) is 4.99 Å². The maximum Gasteiger partial charge on any atom is 0.194 e. The summed E-state index contributed by atoms with van der Waals surface area (Å²) in [7, 11) is 1.79. The third-order valence-electron chi connectivity index (χ3n) is 5.82. The molecule has 2 heterocycles. The molecule has 0 aromatic carbocycles. The van der Waals surface area contributed by atoms with Crippen LogP contribution in [-0.2, 0) is 4.74 Å². The van der Waals surface area contributed by atoms with Crippen LogP contribution < -0.4 is 5.32 Å². The first-order valence-corrected chi connectivity index (χ1v) is 9.67. The smallest absolute Gasteiger partial charge is 0.194 e. The van der Waals surface area contributed by atoms with E-state index in [0.717, 1.165) is 45.2 Å². The Morgan fingerprint density at radius 3 is 2.85 bits per heavy atom. The van der Waals surface area contributed by atoms with Crippen LogP contribution in [0.4, 0.5) is 0 Å². The van der Waals surface area contributed by atoms with Gasteiger partial charge in [-0.15, -0.1) is 24.0 Å². The van der Waals surface area contributed by atoms with Gasteiger partial charge in [0.2, 0.25) is 0 Å². The molecule has 1 aliphatic heterocycles. The molecule has 26 heavy (non-hydrogen) atoms. The Kier molecular flexibility index (Phi) is 8.19. The number of hydrogen-bond donors (Lipinski definition) is 1. The van der Waals surface area contributed by atoms with Gasteiger partial charge in [0.25, 0.3) is 0 Å². The summed E-state index contributed by atoms with van der Waals surface area (Å²) in [5.74, 6) is 1.73. The van der Waals surface area contributed by atoms with Crippen LogP contribution in [0.3, 0.4) is 0 Å². The summed E-state index contributed by atoms with van der Waals surface area (Å²) >= 11 is 0. The lowest BCUT2D eigenvalue weighted by atomic mass is 9.93. The molecule has 1 aliphatic carbocycles. The second-order valence-corrected chi connectivity index (χ2v) is 7.70. The number of aliphatic imine (C=N–C) groups is 1. The second-order valence-electron chi connectivity index (χ2n) is 7.70. The van der Waals surface area contributed by atoms with Crippen LogP contribution in [0.15, 0.2) is 23.7 Å². The molecule has 1 N–H and O–H groups in total. The van der Waals surface area contributed by atoms with Crippen LogP contribution in [0.5, 0.6) is 0 Å². The number of nitrogens with one attached hydrogen (secondary N) is 1. The van der Waals surface area contributed by atoms with Gasteiger partial charge in [-0.05, 0) is 43.9 Å². The summed E-state index contributed by atoms with van der Waals surface area (Å²) < 4.78 is 7.52. The van der Waals surface area contributed by atoms with Crippen LogP contribution in [0.1, 0.15) is 45.6 Å². The van der Waals surface area contributed by atoms with Gasteiger partial charge in [0.05, 0.1) is 12.4 Å². The van der Waals surface area contributed by atoms with Crippen molar-refractivity contribution in [3.8, 4) is 0 Å². The molecule has 0 bridgehead atoms. The summed E-state index contributed by atoms with van der Waals surface area (Å²) in [5, 5.41) is 3.51. The number of methoxy groups -OCH3 is 1. The standard InChI is InChI=1S/C19H33N5O.HI/c1-4-21-18(22-14-19(6-7-19)8-12-25-3)23-10-5-16(2)17(13-23)24-11-9-20-15-24;/h9,11,15-17H,4-8,10,12-14H2,1-3H3,(H,21,22);1H. The molecule has 0 radical (unpaired) electrons. The maximum atomic E-state index is 5.27. The lowest BCUT2D eigenvalue weighted by molar-refractivity contribution is 0.173. The maximum absolute atomic E-state index is 5.27. The molecular weight excluding hydrogens is 441 g/mol. The lowest BCUT2D eigenvalue weighted by Crippen LogP contribution is -2.49. The molecule has 6 nitrogen and oxygen atoms in total. The zero-order valence-corrected chi connectivity index (χ0v) is 18.7. The van der Waals surface area contributed by atoms with Crippen molar-refractivity contribution < 1.29 is 4.74 Å². The molecule has 1 saturated heterocycles. The predicted octanol–water partition coefficient (Wildman–Crippen LogP) is 3.17. The quantitative estimate of drug-likeness (QED) is 0.374. The highest BCUT2D eigenvalue weighted by atomic mass is 127. The summed E-state index contributed by atoms with van der Waals surface area (Å²) in [4.78, 5) is 11.7.